The lowest BCUT2D eigenvalue weighted by atomic mass is 9.97. The van der Waals surface area contributed by atoms with E-state index in [0.29, 0.717) is 17.7 Å². The molecule has 114 valence electrons. The summed E-state index contributed by atoms with van der Waals surface area (Å²) in [5.74, 6) is -0.220. The van der Waals surface area contributed by atoms with Crippen LogP contribution in [0.1, 0.15) is 18.9 Å². The molecule has 2 rings (SSSR count). The van der Waals surface area contributed by atoms with Gasteiger partial charge in [0.2, 0.25) is 5.91 Å². The third-order valence-electron chi connectivity index (χ3n) is 3.73. The zero-order valence-corrected chi connectivity index (χ0v) is 11.5. The minimum atomic E-state index is -1.05. The Hall–Kier alpha value is -2.19. The van der Waals surface area contributed by atoms with Crippen molar-refractivity contribution in [3.63, 3.8) is 0 Å². The number of carbonyl (C=O) groups is 1. The Morgan fingerprint density at radius 1 is 1.43 bits per heavy atom. The van der Waals surface area contributed by atoms with E-state index < -0.39 is 10.5 Å². The van der Waals surface area contributed by atoms with Gasteiger partial charge >= 0.3 is 0 Å². The van der Waals surface area contributed by atoms with Gasteiger partial charge in [-0.2, -0.15) is 0 Å². The minimum absolute atomic E-state index is 0.107. The summed E-state index contributed by atoms with van der Waals surface area (Å²) in [6.07, 6.45) is 0.482. The predicted molar refractivity (Wildman–Crippen MR) is 76.2 cm³/mol. The van der Waals surface area contributed by atoms with Crippen LogP contribution in [0.3, 0.4) is 0 Å². The highest BCUT2D eigenvalue weighted by atomic mass is 16.6. The Morgan fingerprint density at radius 3 is 2.62 bits per heavy atom. The molecular formula is C13H17N3O5. The molecule has 4 N–H and O–H groups in total. The lowest BCUT2D eigenvalue weighted by Crippen LogP contribution is -2.45. The van der Waals surface area contributed by atoms with E-state index in [1.54, 1.807) is 6.92 Å². The molecule has 0 saturated carbocycles. The van der Waals surface area contributed by atoms with Crippen molar-refractivity contribution in [3.8, 4) is 0 Å². The lowest BCUT2D eigenvalue weighted by molar-refractivity contribution is -0.384. The summed E-state index contributed by atoms with van der Waals surface area (Å²) in [6.45, 7) is 1.00. The molecule has 1 aliphatic heterocycles. The van der Waals surface area contributed by atoms with E-state index in [2.05, 4.69) is 10.6 Å². The van der Waals surface area contributed by atoms with Crippen molar-refractivity contribution < 1.29 is 19.9 Å². The van der Waals surface area contributed by atoms with Gasteiger partial charge in [0.1, 0.15) is 5.69 Å². The topological polar surface area (TPSA) is 125 Å². The maximum Gasteiger partial charge on any atom is 0.292 e. The first kappa shape index (κ1) is 15.2. The molecule has 1 heterocycles. The number of benzene rings is 1. The molecular weight excluding hydrogens is 278 g/mol. The summed E-state index contributed by atoms with van der Waals surface area (Å²) in [5.41, 5.74) is -0.0149. The van der Waals surface area contributed by atoms with Crippen LogP contribution in [0.2, 0.25) is 0 Å². The van der Waals surface area contributed by atoms with Crippen molar-refractivity contribution in [2.24, 2.45) is 0 Å². The maximum absolute atomic E-state index is 11.4. The van der Waals surface area contributed by atoms with E-state index in [4.69, 9.17) is 0 Å². The Bertz CT molecular complexity index is 575. The summed E-state index contributed by atoms with van der Waals surface area (Å²) < 4.78 is 0. The fourth-order valence-corrected chi connectivity index (χ4v) is 2.24. The normalized spacial score (nSPS) is 13.8. The van der Waals surface area contributed by atoms with Crippen LogP contribution < -0.4 is 10.6 Å². The maximum atomic E-state index is 11.4. The zero-order valence-electron chi connectivity index (χ0n) is 11.5. The molecule has 0 atom stereocenters. The van der Waals surface area contributed by atoms with Crippen LogP contribution in [-0.4, -0.2) is 39.8 Å². The second kappa shape index (κ2) is 5.66. The summed E-state index contributed by atoms with van der Waals surface area (Å²) >= 11 is 0. The van der Waals surface area contributed by atoms with Gasteiger partial charge in [0.05, 0.1) is 30.1 Å². The number of nitro benzene ring substituents is 1. The third-order valence-corrected chi connectivity index (χ3v) is 3.73. The second-order valence-corrected chi connectivity index (χ2v) is 5.08. The van der Waals surface area contributed by atoms with Crippen molar-refractivity contribution in [2.45, 2.75) is 25.3 Å². The number of amides is 1. The Labute approximate surface area is 120 Å². The van der Waals surface area contributed by atoms with Crippen molar-refractivity contribution in [2.75, 3.05) is 23.8 Å². The number of nitrogens with zero attached hydrogens (tertiary/aromatic N) is 1. The van der Waals surface area contributed by atoms with Gasteiger partial charge in [-0.25, -0.2) is 0 Å². The average Bonchev–Trinajstić information content (AvgIpc) is 2.83. The molecule has 0 unspecified atom stereocenters. The molecule has 0 aromatic heterocycles. The fourth-order valence-electron chi connectivity index (χ4n) is 2.24. The predicted octanol–water partition coefficient (Wildman–Crippen LogP) is 0.635. The Balaban J connectivity index is 2.45. The van der Waals surface area contributed by atoms with E-state index >= 15 is 0 Å². The molecule has 0 aliphatic carbocycles. The molecule has 0 bridgehead atoms. The first-order chi connectivity index (χ1) is 9.94. The average molecular weight is 295 g/mol. The van der Waals surface area contributed by atoms with E-state index in [9.17, 15) is 25.1 Å². The highest BCUT2D eigenvalue weighted by Crippen LogP contribution is 2.36. The van der Waals surface area contributed by atoms with E-state index in [1.165, 1.54) is 12.1 Å². The van der Waals surface area contributed by atoms with Gasteiger partial charge in [-0.1, -0.05) is 6.92 Å². The molecule has 1 aromatic rings. The fraction of sp³-hybridized carbons (Fsp3) is 0.462. The number of fused-ring (bicyclic) bond motifs is 1. The number of hydrogen-bond donors (Lipinski definition) is 4. The van der Waals surface area contributed by atoms with Gasteiger partial charge < -0.3 is 20.8 Å². The first-order valence-corrected chi connectivity index (χ1v) is 6.55. The van der Waals surface area contributed by atoms with Crippen LogP contribution in [0.15, 0.2) is 12.1 Å². The molecule has 8 heteroatoms. The number of anilines is 2. The highest BCUT2D eigenvalue weighted by Gasteiger charge is 2.31. The van der Waals surface area contributed by atoms with Crippen molar-refractivity contribution in [1.82, 2.24) is 0 Å². The number of aliphatic hydroxyl groups is 2. The van der Waals surface area contributed by atoms with Crippen LogP contribution in [0.4, 0.5) is 17.1 Å². The van der Waals surface area contributed by atoms with Gasteiger partial charge in [-0.15, -0.1) is 0 Å². The number of carbonyl (C=O) groups excluding carboxylic acids is 1. The van der Waals surface area contributed by atoms with Crippen molar-refractivity contribution in [3.05, 3.63) is 27.8 Å². The molecule has 21 heavy (non-hydrogen) atoms. The molecule has 1 aliphatic rings. The standard InChI is InChI=1S/C13H17N3O5/c1-2-13(6-17,7-18)15-10-5-9-8(4-12(19)14-9)3-11(10)16(20)21/h3,5,15,17-18H,2,4,6-7H2,1H3,(H,14,19). The zero-order chi connectivity index (χ0) is 15.6. The molecule has 0 saturated heterocycles. The number of aliphatic hydroxyl groups excluding tert-OH is 2. The quantitative estimate of drug-likeness (QED) is 0.451. The van der Waals surface area contributed by atoms with Crippen LogP contribution in [-0.2, 0) is 11.2 Å². The Morgan fingerprint density at radius 2 is 2.10 bits per heavy atom. The van der Waals surface area contributed by atoms with E-state index in [-0.39, 0.29) is 36.9 Å². The van der Waals surface area contributed by atoms with Crippen molar-refractivity contribution in [1.29, 1.82) is 0 Å². The first-order valence-electron chi connectivity index (χ1n) is 6.55. The summed E-state index contributed by atoms with van der Waals surface area (Å²) in [4.78, 5) is 22.0. The summed E-state index contributed by atoms with van der Waals surface area (Å²) in [7, 11) is 0. The third kappa shape index (κ3) is 2.81. The monoisotopic (exact) mass is 295 g/mol. The number of nitro groups is 1. The van der Waals surface area contributed by atoms with Gasteiger partial charge in [-0.3, -0.25) is 14.9 Å². The number of hydrogen-bond acceptors (Lipinski definition) is 6. The molecule has 1 amide bonds. The molecule has 0 radical (unpaired) electrons. The second-order valence-electron chi connectivity index (χ2n) is 5.08. The highest BCUT2D eigenvalue weighted by molar-refractivity contribution is 6.00. The van der Waals surface area contributed by atoms with Crippen molar-refractivity contribution >= 4 is 23.0 Å². The van der Waals surface area contributed by atoms with Crippen LogP contribution in [0, 0.1) is 10.1 Å². The number of nitrogens with one attached hydrogen (secondary N) is 2. The molecule has 0 fully saturated rings. The van der Waals surface area contributed by atoms with Gasteiger partial charge in [0, 0.05) is 11.8 Å². The van der Waals surface area contributed by atoms with E-state index in [0.717, 1.165) is 0 Å². The molecule has 8 nitrogen and oxygen atoms in total. The minimum Gasteiger partial charge on any atom is -0.394 e. The summed E-state index contributed by atoms with van der Waals surface area (Å²) in [5, 5.41) is 35.5. The number of rotatable bonds is 6. The Kier molecular flexibility index (Phi) is 4.10. The van der Waals surface area contributed by atoms with Gasteiger partial charge in [0.15, 0.2) is 0 Å². The van der Waals surface area contributed by atoms with Crippen LogP contribution >= 0.6 is 0 Å². The van der Waals surface area contributed by atoms with Crippen LogP contribution in [0.5, 0.6) is 0 Å². The largest absolute Gasteiger partial charge is 0.394 e. The van der Waals surface area contributed by atoms with E-state index in [1.807, 2.05) is 0 Å². The SMILES string of the molecule is CCC(CO)(CO)Nc1cc2c(cc1[N+](=O)[O-])CC(=O)N2. The molecule has 0 spiro atoms. The lowest BCUT2D eigenvalue weighted by Gasteiger charge is -2.30. The van der Waals surface area contributed by atoms with Gasteiger partial charge in [0.25, 0.3) is 5.69 Å². The molecule has 1 aromatic carbocycles. The summed E-state index contributed by atoms with van der Waals surface area (Å²) in [6, 6.07) is 2.80. The van der Waals surface area contributed by atoms with Gasteiger partial charge in [-0.05, 0) is 18.1 Å². The smallest absolute Gasteiger partial charge is 0.292 e. The van der Waals surface area contributed by atoms with Crippen LogP contribution in [0.25, 0.3) is 0 Å².